The fraction of sp³-hybridized carbons (Fsp3) is 0.115. The Bertz CT molecular complexity index is 1350. The van der Waals surface area contributed by atoms with Crippen molar-refractivity contribution in [1.82, 2.24) is 10.3 Å². The first-order valence-electron chi connectivity index (χ1n) is 10.6. The first kappa shape index (κ1) is 21.0. The summed E-state index contributed by atoms with van der Waals surface area (Å²) in [5.41, 5.74) is 2.68. The summed E-state index contributed by atoms with van der Waals surface area (Å²) in [5, 5.41) is 11.5. The van der Waals surface area contributed by atoms with Crippen molar-refractivity contribution in [2.75, 3.05) is 7.11 Å². The lowest BCUT2D eigenvalue weighted by Gasteiger charge is -2.32. The van der Waals surface area contributed by atoms with Crippen LogP contribution in [0.5, 0.6) is 5.75 Å². The Kier molecular flexibility index (Phi) is 5.95. The van der Waals surface area contributed by atoms with Gasteiger partial charge in [-0.3, -0.25) is 15.1 Å². The highest BCUT2D eigenvalue weighted by molar-refractivity contribution is 8.13. The zero-order valence-electron chi connectivity index (χ0n) is 18.0. The van der Waals surface area contributed by atoms with E-state index in [2.05, 4.69) is 17.4 Å². The maximum absolute atomic E-state index is 13.1. The standard InChI is InChI=1S/C26H22N4O2S/c1-32-20-14-11-18(12-15-20)13-16-23-27-22-10-6-5-9-21(22)24-25(31)28-26(29-30(23)24)33-17-19-7-3-2-4-8-19/h2-16,23H,17H2,1H3,(H,28,29,31)/b16-13+. The summed E-state index contributed by atoms with van der Waals surface area (Å²) in [4.78, 5) is 18.0. The second-order valence-electron chi connectivity index (χ2n) is 7.52. The molecule has 2 heterocycles. The number of hydrazone groups is 1. The average Bonchev–Trinajstić information content (AvgIpc) is 2.87. The third-order valence-corrected chi connectivity index (χ3v) is 6.27. The fourth-order valence-electron chi connectivity index (χ4n) is 3.68. The van der Waals surface area contributed by atoms with Gasteiger partial charge in [0.1, 0.15) is 11.4 Å². The molecule has 0 fully saturated rings. The van der Waals surface area contributed by atoms with Crippen LogP contribution in [0.4, 0.5) is 0 Å². The van der Waals surface area contributed by atoms with Crippen molar-refractivity contribution in [3.8, 4) is 5.75 Å². The molecule has 1 unspecified atom stereocenters. The monoisotopic (exact) mass is 454 g/mol. The molecule has 0 radical (unpaired) electrons. The number of thioether (sulfide) groups is 1. The molecule has 6 nitrogen and oxygen atoms in total. The highest BCUT2D eigenvalue weighted by Gasteiger charge is 2.32. The van der Waals surface area contributed by atoms with Gasteiger partial charge in [0.25, 0.3) is 5.91 Å². The molecular formula is C26H22N4O2S. The Labute approximate surface area is 196 Å². The third kappa shape index (κ3) is 4.54. The van der Waals surface area contributed by atoms with Gasteiger partial charge in [0, 0.05) is 11.0 Å². The maximum Gasteiger partial charge on any atom is 0.276 e. The van der Waals surface area contributed by atoms with Crippen LogP contribution in [0.25, 0.3) is 11.8 Å². The second kappa shape index (κ2) is 9.34. The molecule has 164 valence electrons. The molecule has 0 aromatic heterocycles. The van der Waals surface area contributed by atoms with Gasteiger partial charge in [-0.1, -0.05) is 78.5 Å². The van der Waals surface area contributed by atoms with E-state index in [9.17, 15) is 4.79 Å². The topological polar surface area (TPSA) is 66.3 Å². The van der Waals surface area contributed by atoms with Gasteiger partial charge in [-0.15, -0.1) is 5.10 Å². The Hall–Kier alpha value is -3.84. The number of nitrogens with zero attached hydrogens (tertiary/aromatic N) is 3. The lowest BCUT2D eigenvalue weighted by molar-refractivity contribution is -0.116. The average molecular weight is 455 g/mol. The van der Waals surface area contributed by atoms with Crippen molar-refractivity contribution in [3.63, 3.8) is 0 Å². The number of rotatable bonds is 5. The third-order valence-electron chi connectivity index (χ3n) is 5.34. The van der Waals surface area contributed by atoms with Crippen molar-refractivity contribution >= 4 is 34.6 Å². The molecule has 0 bridgehead atoms. The van der Waals surface area contributed by atoms with Crippen LogP contribution in [0.2, 0.25) is 0 Å². The van der Waals surface area contributed by atoms with E-state index in [1.54, 1.807) is 12.1 Å². The predicted molar refractivity (Wildman–Crippen MR) is 132 cm³/mol. The summed E-state index contributed by atoms with van der Waals surface area (Å²) in [6.45, 7) is 0. The van der Waals surface area contributed by atoms with Gasteiger partial charge in [-0.05, 0) is 35.4 Å². The lowest BCUT2D eigenvalue weighted by atomic mass is 10.1. The molecule has 1 amide bonds. The normalized spacial score (nSPS) is 17.1. The molecule has 3 aromatic rings. The summed E-state index contributed by atoms with van der Waals surface area (Å²) in [7, 11) is 1.65. The Morgan fingerprint density at radius 1 is 1.03 bits per heavy atom. The van der Waals surface area contributed by atoms with Crippen LogP contribution in [0, 0.1) is 0 Å². The van der Waals surface area contributed by atoms with Crippen molar-refractivity contribution in [2.45, 2.75) is 11.9 Å². The molecule has 3 aromatic carbocycles. The summed E-state index contributed by atoms with van der Waals surface area (Å²) in [6, 6.07) is 25.5. The fourth-order valence-corrected chi connectivity index (χ4v) is 4.49. The molecule has 0 saturated heterocycles. The Morgan fingerprint density at radius 2 is 1.79 bits per heavy atom. The minimum atomic E-state index is -0.435. The van der Waals surface area contributed by atoms with Crippen LogP contribution in [0.15, 0.2) is 95.0 Å². The number of hydrogen-bond acceptors (Lipinski definition) is 6. The SMILES string of the molecule is COc1ccc(/C=C/C2N=c3ccccc3=C3C(=O)NC(SCc4ccccc4)=NN32)cc1. The summed E-state index contributed by atoms with van der Waals surface area (Å²) in [5.74, 6) is 1.34. The van der Waals surface area contributed by atoms with Crippen molar-refractivity contribution < 1.29 is 9.53 Å². The van der Waals surface area contributed by atoms with Gasteiger partial charge in [-0.2, -0.15) is 0 Å². The van der Waals surface area contributed by atoms with E-state index in [0.29, 0.717) is 16.6 Å². The van der Waals surface area contributed by atoms with Crippen LogP contribution < -0.4 is 20.6 Å². The molecule has 1 atom stereocenters. The number of ether oxygens (including phenoxy) is 1. The number of para-hydroxylation sites is 1. The van der Waals surface area contributed by atoms with Crippen LogP contribution in [0.3, 0.4) is 0 Å². The van der Waals surface area contributed by atoms with Gasteiger partial charge >= 0.3 is 0 Å². The molecule has 0 aliphatic carbocycles. The van der Waals surface area contributed by atoms with E-state index < -0.39 is 6.17 Å². The van der Waals surface area contributed by atoms with Gasteiger partial charge in [0.2, 0.25) is 0 Å². The van der Waals surface area contributed by atoms with E-state index >= 15 is 0 Å². The molecule has 2 aliphatic heterocycles. The highest BCUT2D eigenvalue weighted by Crippen LogP contribution is 2.23. The molecule has 5 rings (SSSR count). The molecule has 7 heteroatoms. The Balaban J connectivity index is 1.48. The lowest BCUT2D eigenvalue weighted by Crippen LogP contribution is -2.52. The highest BCUT2D eigenvalue weighted by atomic mass is 32.2. The van der Waals surface area contributed by atoms with E-state index in [-0.39, 0.29) is 5.91 Å². The number of hydrogen-bond donors (Lipinski definition) is 1. The molecule has 0 saturated carbocycles. The Morgan fingerprint density at radius 3 is 2.58 bits per heavy atom. The van der Waals surface area contributed by atoms with E-state index in [4.69, 9.17) is 14.8 Å². The summed E-state index contributed by atoms with van der Waals surface area (Å²) < 4.78 is 5.23. The number of amides is 1. The summed E-state index contributed by atoms with van der Waals surface area (Å²) >= 11 is 1.50. The number of amidine groups is 1. The number of carbonyl (C=O) groups is 1. The number of carbonyl (C=O) groups excluding carboxylic acids is 1. The zero-order valence-corrected chi connectivity index (χ0v) is 18.8. The minimum Gasteiger partial charge on any atom is -0.497 e. The van der Waals surface area contributed by atoms with E-state index in [1.165, 1.54) is 17.3 Å². The molecular weight excluding hydrogens is 432 g/mol. The second-order valence-corrected chi connectivity index (χ2v) is 8.48. The number of methoxy groups -OCH3 is 1. The smallest absolute Gasteiger partial charge is 0.276 e. The van der Waals surface area contributed by atoms with Gasteiger partial charge < -0.3 is 4.74 Å². The van der Waals surface area contributed by atoms with Crippen molar-refractivity contribution in [3.05, 3.63) is 107 Å². The number of benzene rings is 3. The quantitative estimate of drug-likeness (QED) is 0.643. The maximum atomic E-state index is 13.1. The van der Waals surface area contributed by atoms with Gasteiger partial charge in [0.05, 0.1) is 12.5 Å². The van der Waals surface area contributed by atoms with Gasteiger partial charge in [0.15, 0.2) is 11.3 Å². The number of nitrogens with one attached hydrogen (secondary N) is 1. The minimum absolute atomic E-state index is 0.175. The van der Waals surface area contributed by atoms with E-state index in [0.717, 1.165) is 21.9 Å². The van der Waals surface area contributed by atoms with Gasteiger partial charge in [-0.25, -0.2) is 5.01 Å². The largest absolute Gasteiger partial charge is 0.497 e. The van der Waals surface area contributed by atoms with Crippen LogP contribution in [0.1, 0.15) is 11.1 Å². The molecule has 2 aliphatic rings. The first-order valence-corrected chi connectivity index (χ1v) is 11.6. The first-order chi connectivity index (χ1) is 16.2. The van der Waals surface area contributed by atoms with Crippen LogP contribution in [-0.2, 0) is 10.5 Å². The van der Waals surface area contributed by atoms with Crippen LogP contribution in [-0.4, -0.2) is 29.4 Å². The van der Waals surface area contributed by atoms with E-state index in [1.807, 2.05) is 78.9 Å². The molecule has 1 N–H and O–H groups in total. The zero-order chi connectivity index (χ0) is 22.6. The molecule has 33 heavy (non-hydrogen) atoms. The predicted octanol–water partition coefficient (Wildman–Crippen LogP) is 3.11. The summed E-state index contributed by atoms with van der Waals surface area (Å²) in [6.07, 6.45) is 3.51. The molecule has 0 spiro atoms. The van der Waals surface area contributed by atoms with Crippen LogP contribution >= 0.6 is 11.8 Å². The van der Waals surface area contributed by atoms with Crippen molar-refractivity contribution in [1.29, 1.82) is 0 Å². The van der Waals surface area contributed by atoms with Crippen molar-refractivity contribution in [2.24, 2.45) is 10.1 Å². The number of fused-ring (bicyclic) bond motifs is 2.